The Balaban J connectivity index is 1.34. The summed E-state index contributed by atoms with van der Waals surface area (Å²) in [7, 11) is 0. The number of carbonyl (C=O) groups is 1. The highest BCUT2D eigenvalue weighted by Gasteiger charge is 2.29. The van der Waals surface area contributed by atoms with Gasteiger partial charge in [-0.25, -0.2) is 32.3 Å². The number of amides is 1. The normalized spacial score (nSPS) is 15.3. The predicted octanol–water partition coefficient (Wildman–Crippen LogP) is 6.11. The fraction of sp³-hybridized carbons (Fsp3) is 0.433. The average molecular weight is 603 g/mol. The molecule has 1 amide bonds. The van der Waals surface area contributed by atoms with Gasteiger partial charge >= 0.3 is 6.09 Å². The number of piperazine rings is 1. The zero-order chi connectivity index (χ0) is 31.1. The molecule has 43 heavy (non-hydrogen) atoms. The lowest BCUT2D eigenvalue weighted by atomic mass is 10.1. The highest BCUT2D eigenvalue weighted by Crippen LogP contribution is 2.39. The van der Waals surface area contributed by atoms with Crippen molar-refractivity contribution in [2.24, 2.45) is 0 Å². The molecule has 0 bridgehead atoms. The number of aromatic nitrogens is 2. The molecule has 5 rings (SSSR count). The number of fused-ring (bicyclic) bond motifs is 1. The van der Waals surface area contributed by atoms with Gasteiger partial charge in [-0.15, -0.1) is 0 Å². The topological polar surface area (TPSA) is 83.1 Å². The predicted molar refractivity (Wildman–Crippen MR) is 155 cm³/mol. The molecular weight excluding hydrogens is 568 g/mol. The third kappa shape index (κ3) is 6.40. The van der Waals surface area contributed by atoms with Crippen LogP contribution in [0.4, 0.5) is 45.4 Å². The van der Waals surface area contributed by atoms with Crippen molar-refractivity contribution in [1.82, 2.24) is 14.9 Å². The zero-order valence-electron chi connectivity index (χ0n) is 24.7. The quantitative estimate of drug-likeness (QED) is 0.351. The molecule has 2 aromatic carbocycles. The molecule has 2 aliphatic heterocycles. The molecule has 1 saturated heterocycles. The number of ether oxygens (including phenoxy) is 2. The first-order valence-electron chi connectivity index (χ1n) is 14.1. The Morgan fingerprint density at radius 2 is 1.70 bits per heavy atom. The molecule has 13 heteroatoms. The zero-order valence-corrected chi connectivity index (χ0v) is 24.7. The Labute approximate surface area is 247 Å². The molecule has 0 atom stereocenters. The van der Waals surface area contributed by atoms with Crippen molar-refractivity contribution in [2.45, 2.75) is 46.3 Å². The molecule has 1 fully saturated rings. The van der Waals surface area contributed by atoms with Crippen LogP contribution < -0.4 is 19.9 Å². The maximum absolute atomic E-state index is 15.2. The second-order valence-electron chi connectivity index (χ2n) is 11.7. The van der Waals surface area contributed by atoms with Crippen molar-refractivity contribution in [3.8, 4) is 17.0 Å². The summed E-state index contributed by atoms with van der Waals surface area (Å²) in [5.41, 5.74) is -0.463. The average Bonchev–Trinajstić information content (AvgIpc) is 2.95. The third-order valence-electron chi connectivity index (χ3n) is 7.13. The van der Waals surface area contributed by atoms with Crippen LogP contribution in [0.25, 0.3) is 11.3 Å². The molecule has 9 nitrogen and oxygen atoms in total. The summed E-state index contributed by atoms with van der Waals surface area (Å²) in [4.78, 5) is 25.5. The van der Waals surface area contributed by atoms with Crippen LogP contribution in [0.1, 0.15) is 34.6 Å². The van der Waals surface area contributed by atoms with E-state index in [0.29, 0.717) is 18.8 Å². The molecular formula is C30H34F4N6O3. The van der Waals surface area contributed by atoms with E-state index >= 15 is 8.78 Å². The van der Waals surface area contributed by atoms with Gasteiger partial charge in [0.2, 0.25) is 5.95 Å². The van der Waals surface area contributed by atoms with Crippen LogP contribution in [0, 0.1) is 23.3 Å². The second kappa shape index (κ2) is 11.8. The van der Waals surface area contributed by atoms with Gasteiger partial charge in [-0.2, -0.15) is 0 Å². The van der Waals surface area contributed by atoms with E-state index in [1.807, 2.05) is 18.7 Å². The van der Waals surface area contributed by atoms with Crippen molar-refractivity contribution in [2.75, 3.05) is 54.4 Å². The summed E-state index contributed by atoms with van der Waals surface area (Å²) in [6.07, 6.45) is 0.423. The van der Waals surface area contributed by atoms with E-state index in [9.17, 15) is 13.6 Å². The van der Waals surface area contributed by atoms with Crippen LogP contribution in [-0.4, -0.2) is 71.9 Å². The number of carbonyl (C=O) groups excluding carboxylic acids is 1. The molecule has 3 heterocycles. The first-order chi connectivity index (χ1) is 20.3. The summed E-state index contributed by atoms with van der Waals surface area (Å²) in [5, 5.41) is 2.61. The Hall–Kier alpha value is -4.29. The van der Waals surface area contributed by atoms with Crippen molar-refractivity contribution >= 4 is 29.1 Å². The molecule has 230 valence electrons. The molecule has 0 saturated carbocycles. The van der Waals surface area contributed by atoms with Crippen LogP contribution >= 0.6 is 0 Å². The number of hydrogen-bond acceptors (Lipinski definition) is 8. The van der Waals surface area contributed by atoms with Crippen LogP contribution in [0.3, 0.4) is 0 Å². The van der Waals surface area contributed by atoms with Crippen molar-refractivity contribution < 1.29 is 31.8 Å². The van der Waals surface area contributed by atoms with E-state index in [2.05, 4.69) is 15.3 Å². The molecule has 1 N–H and O–H groups in total. The number of benzene rings is 2. The SMILES string of the molecule is CC(C)N1CCOc2c(F)cc(-c3nc(Nc4ccc(N5CCN(C(=O)OC(C)(C)C)CC5)c(F)c4F)ncc3F)cc21. The smallest absolute Gasteiger partial charge is 0.410 e. The first-order valence-corrected chi connectivity index (χ1v) is 14.1. The lowest BCUT2D eigenvalue weighted by Gasteiger charge is -2.36. The standard InChI is InChI=1S/C30H34F4N6O3/c1-17(2)40-12-13-42-27-19(31)14-18(15-23(27)40)26-20(32)16-35-28(37-26)36-21-6-7-22(25(34)24(21)33)38-8-10-39(11-9-38)29(41)43-30(3,4)5/h6-7,14-17H,8-13H2,1-5H3,(H,35,36,37). The fourth-order valence-corrected chi connectivity index (χ4v) is 5.06. The van der Waals surface area contributed by atoms with Crippen LogP contribution in [0.2, 0.25) is 0 Å². The van der Waals surface area contributed by atoms with Gasteiger partial charge in [0.15, 0.2) is 29.0 Å². The summed E-state index contributed by atoms with van der Waals surface area (Å²) in [6, 6.07) is 5.49. The lowest BCUT2D eigenvalue weighted by molar-refractivity contribution is 0.0240. The molecule has 0 radical (unpaired) electrons. The van der Waals surface area contributed by atoms with Crippen molar-refractivity contribution in [3.63, 3.8) is 0 Å². The maximum atomic E-state index is 15.2. The molecule has 2 aliphatic rings. The molecule has 0 unspecified atom stereocenters. The van der Waals surface area contributed by atoms with Crippen LogP contribution in [0.15, 0.2) is 30.5 Å². The number of hydrogen-bond donors (Lipinski definition) is 1. The van der Waals surface area contributed by atoms with Gasteiger partial charge in [-0.1, -0.05) is 0 Å². The Kier molecular flexibility index (Phi) is 8.26. The minimum atomic E-state index is -1.17. The van der Waals surface area contributed by atoms with Crippen LogP contribution in [-0.2, 0) is 4.74 Å². The van der Waals surface area contributed by atoms with E-state index in [-0.39, 0.29) is 66.6 Å². The summed E-state index contributed by atoms with van der Waals surface area (Å²) in [6.45, 7) is 11.2. The fourth-order valence-electron chi connectivity index (χ4n) is 5.06. The Morgan fingerprint density at radius 3 is 2.37 bits per heavy atom. The van der Waals surface area contributed by atoms with Gasteiger partial charge in [0.25, 0.3) is 0 Å². The number of nitrogens with one attached hydrogen (secondary N) is 1. The largest absolute Gasteiger partial charge is 0.486 e. The minimum Gasteiger partial charge on any atom is -0.486 e. The van der Waals surface area contributed by atoms with Crippen molar-refractivity contribution in [3.05, 3.63) is 53.7 Å². The number of rotatable bonds is 5. The minimum absolute atomic E-state index is 0.0362. The number of nitrogens with zero attached hydrogens (tertiary/aromatic N) is 5. The van der Waals surface area contributed by atoms with Gasteiger partial charge < -0.3 is 29.5 Å². The van der Waals surface area contributed by atoms with Gasteiger partial charge in [0.05, 0.1) is 29.8 Å². The molecule has 3 aromatic rings. The third-order valence-corrected chi connectivity index (χ3v) is 7.13. The molecule has 0 aliphatic carbocycles. The van der Waals surface area contributed by atoms with Gasteiger partial charge in [0.1, 0.15) is 17.9 Å². The van der Waals surface area contributed by atoms with E-state index < -0.39 is 35.0 Å². The number of halogens is 4. The van der Waals surface area contributed by atoms with E-state index in [1.165, 1.54) is 17.0 Å². The van der Waals surface area contributed by atoms with Gasteiger partial charge in [-0.3, -0.25) is 0 Å². The van der Waals surface area contributed by atoms with Gasteiger partial charge in [-0.05, 0) is 58.9 Å². The van der Waals surface area contributed by atoms with Crippen molar-refractivity contribution in [1.29, 1.82) is 0 Å². The highest BCUT2D eigenvalue weighted by atomic mass is 19.2. The van der Waals surface area contributed by atoms with E-state index in [4.69, 9.17) is 9.47 Å². The summed E-state index contributed by atoms with van der Waals surface area (Å²) >= 11 is 0. The molecule has 0 spiro atoms. The van der Waals surface area contributed by atoms with Gasteiger partial charge in [0, 0.05) is 37.8 Å². The Bertz CT molecular complexity index is 1520. The summed E-state index contributed by atoms with van der Waals surface area (Å²) in [5.74, 6) is -3.87. The monoisotopic (exact) mass is 602 g/mol. The molecule has 1 aromatic heterocycles. The Morgan fingerprint density at radius 1 is 0.977 bits per heavy atom. The number of anilines is 4. The second-order valence-corrected chi connectivity index (χ2v) is 11.7. The lowest BCUT2D eigenvalue weighted by Crippen LogP contribution is -2.50. The first kappa shape index (κ1) is 30.2. The summed E-state index contributed by atoms with van der Waals surface area (Å²) < 4.78 is 71.2. The highest BCUT2D eigenvalue weighted by molar-refractivity contribution is 5.73. The van der Waals surface area contributed by atoms with Crippen LogP contribution in [0.5, 0.6) is 5.75 Å². The van der Waals surface area contributed by atoms with E-state index in [1.54, 1.807) is 31.7 Å². The van der Waals surface area contributed by atoms with E-state index in [0.717, 1.165) is 12.3 Å². The maximum Gasteiger partial charge on any atom is 0.410 e.